The summed E-state index contributed by atoms with van der Waals surface area (Å²) >= 11 is 1.68. The fourth-order valence-electron chi connectivity index (χ4n) is 4.45. The van der Waals surface area contributed by atoms with E-state index in [0.717, 1.165) is 46.3 Å². The lowest BCUT2D eigenvalue weighted by Gasteiger charge is -2.38. The van der Waals surface area contributed by atoms with Crippen LogP contribution in [0.4, 0.5) is 5.95 Å². The van der Waals surface area contributed by atoms with Crippen LogP contribution in [0.5, 0.6) is 5.75 Å². The SMILES string of the molecule is CCCCCSc1nc2n(n1)C(c1ccccc1OCC)C1=C(CC(C)(C)CC1=O)N2. The molecule has 166 valence electrons. The Balaban J connectivity index is 1.77. The van der Waals surface area contributed by atoms with Crippen LogP contribution in [0.3, 0.4) is 0 Å². The van der Waals surface area contributed by atoms with Gasteiger partial charge >= 0.3 is 0 Å². The molecule has 1 aliphatic heterocycles. The summed E-state index contributed by atoms with van der Waals surface area (Å²) in [5, 5.41) is 9.04. The van der Waals surface area contributed by atoms with E-state index in [1.165, 1.54) is 12.8 Å². The van der Waals surface area contributed by atoms with E-state index >= 15 is 0 Å². The third-order valence-corrected chi connectivity index (χ3v) is 6.73. The fraction of sp³-hybridized carbons (Fsp3) is 0.542. The first-order chi connectivity index (χ1) is 14.9. The Labute approximate surface area is 188 Å². The van der Waals surface area contributed by atoms with Gasteiger partial charge in [-0.1, -0.05) is 63.6 Å². The van der Waals surface area contributed by atoms with Crippen LogP contribution in [0.15, 0.2) is 40.7 Å². The van der Waals surface area contributed by atoms with Crippen LogP contribution in [0.2, 0.25) is 0 Å². The minimum Gasteiger partial charge on any atom is -0.494 e. The highest BCUT2D eigenvalue weighted by molar-refractivity contribution is 7.99. The van der Waals surface area contributed by atoms with Crippen molar-refractivity contribution in [2.75, 3.05) is 17.7 Å². The van der Waals surface area contributed by atoms with Gasteiger partial charge in [0.05, 0.1) is 6.61 Å². The van der Waals surface area contributed by atoms with Crippen LogP contribution in [-0.2, 0) is 4.79 Å². The van der Waals surface area contributed by atoms with Crippen molar-refractivity contribution in [1.82, 2.24) is 14.8 Å². The minimum absolute atomic E-state index is 0.0766. The molecule has 0 bridgehead atoms. The Morgan fingerprint density at radius 3 is 2.81 bits per heavy atom. The van der Waals surface area contributed by atoms with Crippen LogP contribution < -0.4 is 10.1 Å². The molecule has 0 saturated carbocycles. The van der Waals surface area contributed by atoms with Gasteiger partial charge in [-0.25, -0.2) is 4.68 Å². The lowest BCUT2D eigenvalue weighted by molar-refractivity contribution is -0.118. The number of fused-ring (bicyclic) bond motifs is 1. The summed E-state index contributed by atoms with van der Waals surface area (Å²) in [6.45, 7) is 9.04. The van der Waals surface area contributed by atoms with Crippen molar-refractivity contribution < 1.29 is 9.53 Å². The van der Waals surface area contributed by atoms with E-state index in [2.05, 4.69) is 26.1 Å². The minimum atomic E-state index is -0.324. The summed E-state index contributed by atoms with van der Waals surface area (Å²) in [6, 6.07) is 7.64. The first-order valence-corrected chi connectivity index (χ1v) is 12.3. The number of Topliss-reactive ketones (excluding diaryl/α,β-unsaturated/α-hetero) is 1. The largest absolute Gasteiger partial charge is 0.494 e. The van der Waals surface area contributed by atoms with Gasteiger partial charge in [0, 0.05) is 29.0 Å². The van der Waals surface area contributed by atoms with Crippen molar-refractivity contribution in [3.8, 4) is 5.75 Å². The molecule has 31 heavy (non-hydrogen) atoms. The number of nitrogens with zero attached hydrogens (tertiary/aromatic N) is 3. The number of rotatable bonds is 8. The molecular weight excluding hydrogens is 408 g/mol. The number of hydrogen-bond donors (Lipinski definition) is 1. The van der Waals surface area contributed by atoms with E-state index < -0.39 is 0 Å². The number of unbranched alkanes of at least 4 members (excludes halogenated alkanes) is 2. The molecule has 2 aromatic rings. The molecule has 1 unspecified atom stereocenters. The van der Waals surface area contributed by atoms with Gasteiger partial charge in [-0.2, -0.15) is 4.98 Å². The number of para-hydroxylation sites is 1. The fourth-order valence-corrected chi connectivity index (χ4v) is 5.27. The second-order valence-corrected chi connectivity index (χ2v) is 10.1. The highest BCUT2D eigenvalue weighted by Crippen LogP contribution is 2.47. The molecule has 4 rings (SSSR count). The Hall–Kier alpha value is -2.28. The van der Waals surface area contributed by atoms with E-state index in [4.69, 9.17) is 14.8 Å². The Morgan fingerprint density at radius 2 is 2.03 bits per heavy atom. The molecule has 1 atom stereocenters. The summed E-state index contributed by atoms with van der Waals surface area (Å²) < 4.78 is 7.82. The molecule has 6 nitrogen and oxygen atoms in total. The number of anilines is 1. The smallest absolute Gasteiger partial charge is 0.227 e. The summed E-state index contributed by atoms with van der Waals surface area (Å²) in [6.07, 6.45) is 4.90. The molecule has 2 heterocycles. The van der Waals surface area contributed by atoms with Crippen LogP contribution >= 0.6 is 11.8 Å². The molecule has 0 radical (unpaired) electrons. The maximum Gasteiger partial charge on any atom is 0.227 e. The van der Waals surface area contributed by atoms with E-state index in [0.29, 0.717) is 19.0 Å². The van der Waals surface area contributed by atoms with Crippen molar-refractivity contribution in [2.45, 2.75) is 71.0 Å². The number of hydrogen-bond acceptors (Lipinski definition) is 6. The maximum atomic E-state index is 13.4. The lowest BCUT2D eigenvalue weighted by Crippen LogP contribution is -2.36. The number of ether oxygens (including phenoxy) is 1. The highest BCUT2D eigenvalue weighted by Gasteiger charge is 2.42. The third-order valence-electron chi connectivity index (χ3n) is 5.80. The average molecular weight is 441 g/mol. The second kappa shape index (κ2) is 9.07. The second-order valence-electron chi connectivity index (χ2n) is 9.05. The number of ketones is 1. The number of aromatic nitrogens is 3. The molecule has 0 spiro atoms. The Bertz CT molecular complexity index is 995. The summed E-state index contributed by atoms with van der Waals surface area (Å²) in [4.78, 5) is 18.1. The van der Waals surface area contributed by atoms with Gasteiger partial charge in [-0.3, -0.25) is 4.79 Å². The van der Waals surface area contributed by atoms with Gasteiger partial charge in [-0.05, 0) is 31.2 Å². The van der Waals surface area contributed by atoms with Gasteiger partial charge in [-0.15, -0.1) is 5.10 Å². The van der Waals surface area contributed by atoms with Crippen molar-refractivity contribution in [3.63, 3.8) is 0 Å². The van der Waals surface area contributed by atoms with Crippen molar-refractivity contribution in [3.05, 3.63) is 41.1 Å². The van der Waals surface area contributed by atoms with E-state index in [-0.39, 0.29) is 17.2 Å². The van der Waals surface area contributed by atoms with Gasteiger partial charge in [0.1, 0.15) is 11.8 Å². The van der Waals surface area contributed by atoms with Crippen LogP contribution in [0.1, 0.15) is 71.4 Å². The molecule has 0 saturated heterocycles. The standard InChI is InChI=1S/C24H32N4O2S/c1-5-7-10-13-31-23-26-22-25-17-14-24(3,4)15-18(29)20(17)21(28(22)27-23)16-11-8-9-12-19(16)30-6-2/h8-9,11-12,21H,5-7,10,13-15H2,1-4H3,(H,25,26,27). The first-order valence-electron chi connectivity index (χ1n) is 11.3. The zero-order chi connectivity index (χ0) is 22.0. The van der Waals surface area contributed by atoms with Crippen molar-refractivity contribution >= 4 is 23.5 Å². The molecule has 2 aliphatic rings. The first kappa shape index (κ1) is 21.9. The molecule has 1 aromatic heterocycles. The number of benzene rings is 1. The Morgan fingerprint density at radius 1 is 1.23 bits per heavy atom. The van der Waals surface area contributed by atoms with Gasteiger partial charge < -0.3 is 10.1 Å². The quantitative estimate of drug-likeness (QED) is 0.425. The normalized spacial score (nSPS) is 19.6. The molecule has 7 heteroatoms. The predicted octanol–water partition coefficient (Wildman–Crippen LogP) is 5.62. The van der Waals surface area contributed by atoms with Crippen molar-refractivity contribution in [2.24, 2.45) is 5.41 Å². The molecule has 1 aromatic carbocycles. The summed E-state index contributed by atoms with van der Waals surface area (Å²) in [5.74, 6) is 2.67. The average Bonchev–Trinajstić information content (AvgIpc) is 3.12. The van der Waals surface area contributed by atoms with Gasteiger partial charge in [0.25, 0.3) is 0 Å². The highest BCUT2D eigenvalue weighted by atomic mass is 32.2. The zero-order valence-corrected chi connectivity index (χ0v) is 19.7. The molecule has 0 fully saturated rings. The topological polar surface area (TPSA) is 69.0 Å². The predicted molar refractivity (Wildman–Crippen MR) is 125 cm³/mol. The maximum absolute atomic E-state index is 13.4. The molecule has 1 N–H and O–H groups in total. The Kier molecular flexibility index (Phi) is 6.42. The number of carbonyl (C=O) groups excluding carboxylic acids is 1. The number of carbonyl (C=O) groups is 1. The van der Waals surface area contributed by atoms with Crippen LogP contribution in [-0.4, -0.2) is 32.9 Å². The number of nitrogens with one attached hydrogen (secondary N) is 1. The summed E-state index contributed by atoms with van der Waals surface area (Å²) in [5.41, 5.74) is 2.65. The van der Waals surface area contributed by atoms with Gasteiger partial charge in [0.2, 0.25) is 11.1 Å². The lowest BCUT2D eigenvalue weighted by atomic mass is 9.73. The van der Waals surface area contributed by atoms with Crippen LogP contribution in [0, 0.1) is 5.41 Å². The molecular formula is C24H32N4O2S. The van der Waals surface area contributed by atoms with E-state index in [1.54, 1.807) is 11.8 Å². The summed E-state index contributed by atoms with van der Waals surface area (Å²) in [7, 11) is 0. The third kappa shape index (κ3) is 4.52. The molecule has 0 amide bonds. The zero-order valence-electron chi connectivity index (χ0n) is 18.9. The van der Waals surface area contributed by atoms with Crippen molar-refractivity contribution in [1.29, 1.82) is 0 Å². The number of thioether (sulfide) groups is 1. The number of allylic oxidation sites excluding steroid dienone is 2. The van der Waals surface area contributed by atoms with Gasteiger partial charge in [0.15, 0.2) is 5.78 Å². The van der Waals surface area contributed by atoms with E-state index in [1.807, 2.05) is 35.9 Å². The molecule has 1 aliphatic carbocycles. The van der Waals surface area contributed by atoms with Crippen LogP contribution in [0.25, 0.3) is 0 Å². The monoisotopic (exact) mass is 440 g/mol. The van der Waals surface area contributed by atoms with E-state index in [9.17, 15) is 4.79 Å².